The molecule has 0 saturated carbocycles. The summed E-state index contributed by atoms with van der Waals surface area (Å²) in [6.45, 7) is 0.761. The van der Waals surface area contributed by atoms with Crippen LogP contribution in [0.15, 0.2) is 53.0 Å². The van der Waals surface area contributed by atoms with Crippen molar-refractivity contribution in [1.82, 2.24) is 5.32 Å². The van der Waals surface area contributed by atoms with Crippen molar-refractivity contribution >= 4 is 27.5 Å². The average molecular weight is 351 g/mol. The van der Waals surface area contributed by atoms with E-state index in [1.807, 2.05) is 24.3 Å². The van der Waals surface area contributed by atoms with Crippen LogP contribution >= 0.6 is 15.9 Å². The molecule has 0 aliphatic heterocycles. The van der Waals surface area contributed by atoms with Gasteiger partial charge in [0.15, 0.2) is 0 Å². The molecule has 0 saturated heterocycles. The highest BCUT2D eigenvalue weighted by Crippen LogP contribution is 2.13. The third-order valence-corrected chi connectivity index (χ3v) is 3.48. The van der Waals surface area contributed by atoms with Crippen LogP contribution in [0.25, 0.3) is 0 Å². The molecule has 0 aliphatic carbocycles. The summed E-state index contributed by atoms with van der Waals surface area (Å²) in [6.07, 6.45) is 0.685. The number of rotatable bonds is 6. The lowest BCUT2D eigenvalue weighted by atomic mass is 10.1. The Labute approximate surface area is 131 Å². The molecule has 2 aromatic carbocycles. The Morgan fingerprint density at radius 3 is 2.38 bits per heavy atom. The summed E-state index contributed by atoms with van der Waals surface area (Å²) < 4.78 is 13.7. The Kier molecular flexibility index (Phi) is 5.75. The number of amides is 1. The van der Waals surface area contributed by atoms with Crippen LogP contribution in [-0.2, 0) is 11.2 Å². The molecule has 3 nitrogen and oxygen atoms in total. The van der Waals surface area contributed by atoms with Gasteiger partial charge in [0.05, 0.1) is 6.54 Å². The lowest BCUT2D eigenvalue weighted by molar-refractivity contribution is -0.119. The molecule has 21 heavy (non-hydrogen) atoms. The Bertz CT molecular complexity index is 584. The van der Waals surface area contributed by atoms with Crippen LogP contribution in [0.5, 0.6) is 0 Å². The Morgan fingerprint density at radius 1 is 1.05 bits per heavy atom. The zero-order valence-electron chi connectivity index (χ0n) is 11.4. The van der Waals surface area contributed by atoms with E-state index in [0.29, 0.717) is 13.0 Å². The summed E-state index contributed by atoms with van der Waals surface area (Å²) in [7, 11) is 0. The molecule has 2 rings (SSSR count). The maximum absolute atomic E-state index is 12.7. The highest BCUT2D eigenvalue weighted by molar-refractivity contribution is 9.10. The van der Waals surface area contributed by atoms with Crippen molar-refractivity contribution in [2.45, 2.75) is 6.42 Å². The monoisotopic (exact) mass is 350 g/mol. The van der Waals surface area contributed by atoms with Gasteiger partial charge in [0.25, 0.3) is 0 Å². The Balaban J connectivity index is 1.67. The van der Waals surface area contributed by atoms with Crippen LogP contribution in [0.4, 0.5) is 10.1 Å². The van der Waals surface area contributed by atoms with Crippen molar-refractivity contribution in [3.8, 4) is 0 Å². The van der Waals surface area contributed by atoms with Crippen molar-refractivity contribution in [2.75, 3.05) is 18.4 Å². The maximum Gasteiger partial charge on any atom is 0.239 e. The van der Waals surface area contributed by atoms with E-state index in [-0.39, 0.29) is 18.3 Å². The molecule has 0 atom stereocenters. The second kappa shape index (κ2) is 7.78. The number of benzene rings is 2. The molecular weight excluding hydrogens is 335 g/mol. The fourth-order valence-electron chi connectivity index (χ4n) is 1.81. The van der Waals surface area contributed by atoms with Crippen molar-refractivity contribution in [3.05, 3.63) is 64.4 Å². The summed E-state index contributed by atoms with van der Waals surface area (Å²) in [6, 6.07) is 13.9. The van der Waals surface area contributed by atoms with E-state index in [4.69, 9.17) is 0 Å². The summed E-state index contributed by atoms with van der Waals surface area (Å²) in [4.78, 5) is 11.7. The second-order valence-electron chi connectivity index (χ2n) is 4.59. The number of halogens is 2. The maximum atomic E-state index is 12.7. The number of carbonyl (C=O) groups excluding carboxylic acids is 1. The molecule has 5 heteroatoms. The summed E-state index contributed by atoms with van der Waals surface area (Å²) in [5, 5.41) is 5.87. The molecule has 2 N–H and O–H groups in total. The van der Waals surface area contributed by atoms with Crippen molar-refractivity contribution in [3.63, 3.8) is 0 Å². The predicted octanol–water partition coefficient (Wildman–Crippen LogP) is 3.36. The van der Waals surface area contributed by atoms with E-state index in [1.54, 1.807) is 12.1 Å². The van der Waals surface area contributed by atoms with Gasteiger partial charge in [-0.1, -0.05) is 28.1 Å². The molecule has 0 unspecified atom stereocenters. The van der Waals surface area contributed by atoms with Gasteiger partial charge in [-0.25, -0.2) is 4.39 Å². The minimum absolute atomic E-state index is 0.0694. The molecule has 0 aromatic heterocycles. The first-order valence-corrected chi connectivity index (χ1v) is 7.43. The third kappa shape index (κ3) is 5.55. The largest absolute Gasteiger partial charge is 0.376 e. The summed E-state index contributed by atoms with van der Waals surface area (Å²) in [5.41, 5.74) is 1.89. The van der Waals surface area contributed by atoms with Crippen LogP contribution in [0.3, 0.4) is 0 Å². The minimum Gasteiger partial charge on any atom is -0.376 e. The normalized spacial score (nSPS) is 10.2. The molecular formula is C16H16BrFN2O. The van der Waals surface area contributed by atoms with Crippen LogP contribution in [0, 0.1) is 5.82 Å². The van der Waals surface area contributed by atoms with Gasteiger partial charge in [0.2, 0.25) is 5.91 Å². The van der Waals surface area contributed by atoms with E-state index >= 15 is 0 Å². The van der Waals surface area contributed by atoms with Crippen LogP contribution in [-0.4, -0.2) is 19.0 Å². The number of nitrogens with one attached hydrogen (secondary N) is 2. The van der Waals surface area contributed by atoms with Gasteiger partial charge in [-0.3, -0.25) is 4.79 Å². The number of hydrogen-bond donors (Lipinski definition) is 2. The number of hydrogen-bond acceptors (Lipinski definition) is 2. The molecule has 0 heterocycles. The van der Waals surface area contributed by atoms with E-state index in [2.05, 4.69) is 26.6 Å². The number of carbonyl (C=O) groups is 1. The molecule has 0 bridgehead atoms. The van der Waals surface area contributed by atoms with Gasteiger partial charge in [0, 0.05) is 16.7 Å². The van der Waals surface area contributed by atoms with Gasteiger partial charge >= 0.3 is 0 Å². The van der Waals surface area contributed by atoms with E-state index in [0.717, 1.165) is 15.7 Å². The third-order valence-electron chi connectivity index (χ3n) is 2.95. The van der Waals surface area contributed by atoms with Gasteiger partial charge in [0.1, 0.15) is 5.82 Å². The molecule has 0 aliphatic rings. The SMILES string of the molecule is O=C(CNc1ccc(Br)cc1)NCCc1ccc(F)cc1. The standard InChI is InChI=1S/C16H16BrFN2O/c17-13-3-7-15(8-4-13)20-11-16(21)19-10-9-12-1-5-14(18)6-2-12/h1-8,20H,9-11H2,(H,19,21). The van der Waals surface area contributed by atoms with Crippen LogP contribution < -0.4 is 10.6 Å². The zero-order valence-corrected chi connectivity index (χ0v) is 13.0. The molecule has 0 spiro atoms. The van der Waals surface area contributed by atoms with Crippen molar-refractivity contribution in [1.29, 1.82) is 0 Å². The van der Waals surface area contributed by atoms with Gasteiger partial charge < -0.3 is 10.6 Å². The minimum atomic E-state index is -0.249. The topological polar surface area (TPSA) is 41.1 Å². The molecule has 110 valence electrons. The van der Waals surface area contributed by atoms with Crippen LogP contribution in [0.1, 0.15) is 5.56 Å². The quantitative estimate of drug-likeness (QED) is 0.838. The summed E-state index contributed by atoms with van der Waals surface area (Å²) in [5.74, 6) is -0.318. The average Bonchev–Trinajstić information content (AvgIpc) is 2.49. The molecule has 2 aromatic rings. The number of anilines is 1. The smallest absolute Gasteiger partial charge is 0.239 e. The second-order valence-corrected chi connectivity index (χ2v) is 5.50. The summed E-state index contributed by atoms with van der Waals surface area (Å²) >= 11 is 3.36. The van der Waals surface area contributed by atoms with E-state index < -0.39 is 0 Å². The fraction of sp³-hybridized carbons (Fsp3) is 0.188. The first kappa shape index (κ1) is 15.5. The first-order valence-electron chi connectivity index (χ1n) is 6.64. The van der Waals surface area contributed by atoms with Crippen molar-refractivity contribution in [2.24, 2.45) is 0 Å². The highest BCUT2D eigenvalue weighted by atomic mass is 79.9. The molecule has 0 radical (unpaired) electrons. The van der Waals surface area contributed by atoms with Gasteiger partial charge in [-0.15, -0.1) is 0 Å². The van der Waals surface area contributed by atoms with Gasteiger partial charge in [-0.05, 0) is 48.4 Å². The van der Waals surface area contributed by atoms with Crippen LogP contribution in [0.2, 0.25) is 0 Å². The predicted molar refractivity (Wildman–Crippen MR) is 85.7 cm³/mol. The van der Waals surface area contributed by atoms with E-state index in [1.165, 1.54) is 12.1 Å². The lowest BCUT2D eigenvalue weighted by Gasteiger charge is -2.08. The first-order chi connectivity index (χ1) is 10.1. The van der Waals surface area contributed by atoms with E-state index in [9.17, 15) is 9.18 Å². The molecule has 0 fully saturated rings. The lowest BCUT2D eigenvalue weighted by Crippen LogP contribution is -2.31. The Morgan fingerprint density at radius 2 is 1.71 bits per heavy atom. The highest BCUT2D eigenvalue weighted by Gasteiger charge is 2.01. The van der Waals surface area contributed by atoms with Crippen molar-refractivity contribution < 1.29 is 9.18 Å². The zero-order chi connectivity index (χ0) is 15.1. The fourth-order valence-corrected chi connectivity index (χ4v) is 2.07. The molecule has 1 amide bonds. The van der Waals surface area contributed by atoms with Gasteiger partial charge in [-0.2, -0.15) is 0 Å². The Hall–Kier alpha value is -1.88.